The summed E-state index contributed by atoms with van der Waals surface area (Å²) in [6.45, 7) is 3.64. The summed E-state index contributed by atoms with van der Waals surface area (Å²) in [7, 11) is -1.87. The van der Waals surface area contributed by atoms with Gasteiger partial charge in [0.15, 0.2) is 6.61 Å². The Morgan fingerprint density at radius 1 is 1.18 bits per heavy atom. The normalized spacial score (nSPS) is 13.1. The minimum atomic E-state index is -4.46. The van der Waals surface area contributed by atoms with Gasteiger partial charge in [-0.25, -0.2) is 9.48 Å². The van der Waals surface area contributed by atoms with Gasteiger partial charge in [-0.1, -0.05) is 11.6 Å². The lowest BCUT2D eigenvalue weighted by Crippen LogP contribution is -2.31. The quantitative estimate of drug-likeness (QED) is 0.319. The molecule has 0 saturated carbocycles. The lowest BCUT2D eigenvalue weighted by atomic mass is 10.2. The molecule has 0 radical (unpaired) electrons. The molecular weight excluding hydrogens is 497 g/mol. The zero-order valence-corrected chi connectivity index (χ0v) is 20.4. The highest BCUT2D eigenvalue weighted by atomic mass is 35.5. The van der Waals surface area contributed by atoms with Crippen molar-refractivity contribution < 1.29 is 31.9 Å². The number of amides is 2. The number of hydrogen-bond donors (Lipinski definition) is 2. The highest BCUT2D eigenvalue weighted by molar-refractivity contribution is 7.73. The summed E-state index contributed by atoms with van der Waals surface area (Å²) in [4.78, 5) is 28.1. The van der Waals surface area contributed by atoms with Crippen LogP contribution in [-0.2, 0) is 22.3 Å². The first-order valence-corrected chi connectivity index (χ1v) is 13.4. The van der Waals surface area contributed by atoms with Crippen LogP contribution in [0, 0.1) is 5.82 Å². The molecule has 2 N–H and O–H groups in total. The van der Waals surface area contributed by atoms with Crippen LogP contribution in [0.1, 0.15) is 31.0 Å². The first-order valence-electron chi connectivity index (χ1n) is 10.4. The van der Waals surface area contributed by atoms with Crippen molar-refractivity contribution in [3.63, 3.8) is 0 Å². The van der Waals surface area contributed by atoms with Gasteiger partial charge in [-0.3, -0.25) is 14.6 Å². The lowest BCUT2D eigenvalue weighted by molar-refractivity contribution is -0.137. The summed E-state index contributed by atoms with van der Waals surface area (Å²) < 4.78 is 56.5. The second kappa shape index (κ2) is 12.3. The largest absolute Gasteiger partial charge is 0.484 e. The molecule has 2 rings (SSSR count). The SMILES string of the molecule is CC[P+](C)(CCCC(=O)NCc1ccc(C(F)(F)F)cn1)NC(=O)COc1ccc(Cl)c(F)c1. The van der Waals surface area contributed by atoms with E-state index in [1.54, 1.807) is 0 Å². The van der Waals surface area contributed by atoms with Crippen LogP contribution in [0.3, 0.4) is 0 Å². The third-order valence-electron chi connectivity index (χ3n) is 5.03. The van der Waals surface area contributed by atoms with E-state index in [0.717, 1.165) is 18.3 Å². The summed E-state index contributed by atoms with van der Waals surface area (Å²) in [5.74, 6) is -1.06. The van der Waals surface area contributed by atoms with E-state index in [9.17, 15) is 27.2 Å². The Kier molecular flexibility index (Phi) is 10.1. The highest BCUT2D eigenvalue weighted by Gasteiger charge is 2.32. The number of aromatic nitrogens is 1. The maximum absolute atomic E-state index is 13.5. The Balaban J connectivity index is 1.73. The molecular formula is C22H26ClF4N3O3P+. The van der Waals surface area contributed by atoms with E-state index in [0.29, 0.717) is 24.4 Å². The van der Waals surface area contributed by atoms with Gasteiger partial charge in [0.1, 0.15) is 19.0 Å². The number of rotatable bonds is 11. The summed E-state index contributed by atoms with van der Waals surface area (Å²) in [6.07, 6.45) is -1.67. The minimum Gasteiger partial charge on any atom is -0.484 e. The van der Waals surface area contributed by atoms with Crippen molar-refractivity contribution in [1.29, 1.82) is 0 Å². The molecule has 2 aromatic rings. The molecule has 0 aliphatic rings. The van der Waals surface area contributed by atoms with E-state index < -0.39 is 25.0 Å². The molecule has 186 valence electrons. The van der Waals surface area contributed by atoms with Crippen LogP contribution in [0.4, 0.5) is 17.6 Å². The molecule has 1 aromatic heterocycles. The number of nitrogens with zero attached hydrogens (tertiary/aromatic N) is 1. The average molecular weight is 523 g/mol. The number of halogens is 5. The Bertz CT molecular complexity index is 992. The average Bonchev–Trinajstić information content (AvgIpc) is 2.78. The fraction of sp³-hybridized carbons (Fsp3) is 0.409. The number of ether oxygens (including phenoxy) is 1. The molecule has 12 heteroatoms. The third-order valence-corrected chi connectivity index (χ3v) is 8.82. The van der Waals surface area contributed by atoms with E-state index >= 15 is 0 Å². The molecule has 1 aromatic carbocycles. The standard InChI is InChI=1S/C22H25ClF4N3O3P/c1-3-34(2,30-21(32)14-33-17-8-9-18(23)19(24)11-17)10-4-5-20(31)29-13-16-7-6-15(12-28-16)22(25,26)27/h6-9,11-12H,3-5,10,13-14H2,1-2H3,(H-,29,30,31,32)/p+1. The van der Waals surface area contributed by atoms with Crippen LogP contribution < -0.4 is 15.1 Å². The van der Waals surface area contributed by atoms with Gasteiger partial charge in [-0.05, 0) is 37.6 Å². The highest BCUT2D eigenvalue weighted by Crippen LogP contribution is 2.50. The van der Waals surface area contributed by atoms with Gasteiger partial charge in [0, 0.05) is 18.7 Å². The van der Waals surface area contributed by atoms with Crippen LogP contribution in [-0.4, -0.2) is 42.4 Å². The van der Waals surface area contributed by atoms with Crippen molar-refractivity contribution in [1.82, 2.24) is 15.4 Å². The first kappa shape index (κ1) is 27.8. The molecule has 34 heavy (non-hydrogen) atoms. The first-order chi connectivity index (χ1) is 15.9. The zero-order valence-electron chi connectivity index (χ0n) is 18.7. The fourth-order valence-electron chi connectivity index (χ4n) is 2.90. The number of nitrogens with one attached hydrogen (secondary N) is 2. The molecule has 1 heterocycles. The van der Waals surface area contributed by atoms with Gasteiger partial charge in [0.2, 0.25) is 5.91 Å². The molecule has 0 aliphatic carbocycles. The lowest BCUT2D eigenvalue weighted by Gasteiger charge is -2.22. The summed E-state index contributed by atoms with van der Waals surface area (Å²) in [5.41, 5.74) is -0.529. The Morgan fingerprint density at radius 3 is 2.50 bits per heavy atom. The van der Waals surface area contributed by atoms with Gasteiger partial charge in [-0.15, -0.1) is 0 Å². The van der Waals surface area contributed by atoms with Gasteiger partial charge in [-0.2, -0.15) is 13.2 Å². The number of benzene rings is 1. The Hall–Kier alpha value is -2.45. The number of carbonyl (C=O) groups excluding carboxylic acids is 2. The van der Waals surface area contributed by atoms with E-state index in [1.165, 1.54) is 18.2 Å². The summed E-state index contributed by atoms with van der Waals surface area (Å²) in [6, 6.07) is 6.04. The molecule has 0 saturated heterocycles. The predicted molar refractivity (Wildman–Crippen MR) is 124 cm³/mol. The van der Waals surface area contributed by atoms with E-state index in [1.807, 2.05) is 13.6 Å². The topological polar surface area (TPSA) is 80.3 Å². The van der Waals surface area contributed by atoms with Crippen molar-refractivity contribution >= 4 is 30.8 Å². The molecule has 2 amide bonds. The molecule has 0 aliphatic heterocycles. The van der Waals surface area contributed by atoms with Crippen LogP contribution in [0.5, 0.6) is 5.75 Å². The molecule has 6 nitrogen and oxygen atoms in total. The smallest absolute Gasteiger partial charge is 0.417 e. The van der Waals surface area contributed by atoms with E-state index in [4.69, 9.17) is 16.3 Å². The van der Waals surface area contributed by atoms with Gasteiger partial charge < -0.3 is 10.1 Å². The maximum atomic E-state index is 13.5. The second-order valence-electron chi connectivity index (χ2n) is 7.75. The van der Waals surface area contributed by atoms with Crippen LogP contribution in [0.15, 0.2) is 36.5 Å². The summed E-state index contributed by atoms with van der Waals surface area (Å²) in [5, 5.41) is 5.57. The predicted octanol–water partition coefficient (Wildman–Crippen LogP) is 5.07. The van der Waals surface area contributed by atoms with Crippen molar-refractivity contribution in [2.75, 3.05) is 25.6 Å². The molecule has 1 unspecified atom stereocenters. The number of carbonyl (C=O) groups is 2. The summed E-state index contributed by atoms with van der Waals surface area (Å²) >= 11 is 5.62. The molecule has 1 atom stereocenters. The van der Waals surface area contributed by atoms with Crippen molar-refractivity contribution in [3.05, 3.63) is 58.6 Å². The van der Waals surface area contributed by atoms with Crippen LogP contribution >= 0.6 is 19.0 Å². The van der Waals surface area contributed by atoms with Gasteiger partial charge in [0.25, 0.3) is 5.91 Å². The van der Waals surface area contributed by atoms with Crippen LogP contribution in [0.2, 0.25) is 5.02 Å². The van der Waals surface area contributed by atoms with Crippen LogP contribution in [0.25, 0.3) is 0 Å². The molecule has 0 bridgehead atoms. The number of hydrogen-bond acceptors (Lipinski definition) is 4. The molecule has 0 spiro atoms. The van der Waals surface area contributed by atoms with Gasteiger partial charge in [0.05, 0.1) is 41.8 Å². The minimum absolute atomic E-state index is 0.0243. The van der Waals surface area contributed by atoms with Crippen molar-refractivity contribution in [2.45, 2.75) is 32.5 Å². The Morgan fingerprint density at radius 2 is 1.91 bits per heavy atom. The number of alkyl halides is 3. The van der Waals surface area contributed by atoms with E-state index in [-0.39, 0.29) is 42.2 Å². The van der Waals surface area contributed by atoms with Gasteiger partial charge >= 0.3 is 6.18 Å². The maximum Gasteiger partial charge on any atom is 0.417 e. The Labute approximate surface area is 200 Å². The van der Waals surface area contributed by atoms with Crippen molar-refractivity contribution in [3.8, 4) is 5.75 Å². The third kappa shape index (κ3) is 9.06. The second-order valence-corrected chi connectivity index (χ2v) is 12.3. The number of pyridine rings is 1. The fourth-order valence-corrected chi connectivity index (χ4v) is 5.13. The van der Waals surface area contributed by atoms with Crippen molar-refractivity contribution in [2.24, 2.45) is 0 Å². The van der Waals surface area contributed by atoms with E-state index in [2.05, 4.69) is 15.4 Å². The molecule has 0 fully saturated rings. The monoisotopic (exact) mass is 522 g/mol. The zero-order chi connectivity index (χ0) is 25.4.